The summed E-state index contributed by atoms with van der Waals surface area (Å²) >= 11 is 9.47. The van der Waals surface area contributed by atoms with Crippen LogP contribution in [0.2, 0.25) is 5.15 Å². The molecule has 0 spiro atoms. The van der Waals surface area contributed by atoms with Crippen LogP contribution in [-0.2, 0) is 27.8 Å². The number of carbonyl (C=O) groups excluding carboxylic acids is 1. The van der Waals surface area contributed by atoms with Gasteiger partial charge in [-0.25, -0.2) is 4.98 Å². The van der Waals surface area contributed by atoms with E-state index in [1.807, 2.05) is 30.3 Å². The lowest BCUT2D eigenvalue weighted by Crippen LogP contribution is -2.38. The van der Waals surface area contributed by atoms with Gasteiger partial charge in [0.15, 0.2) is 0 Å². The quantitative estimate of drug-likeness (QED) is 0.601. The van der Waals surface area contributed by atoms with E-state index in [2.05, 4.69) is 20.9 Å². The number of rotatable bonds is 2. The first-order chi connectivity index (χ1) is 10.0. The van der Waals surface area contributed by atoms with Gasteiger partial charge in [0.25, 0.3) is 0 Å². The maximum atomic E-state index is 12.5. The normalized spacial score (nSPS) is 15.6. The Kier molecular flexibility index (Phi) is 3.76. The molecule has 0 N–H and O–H groups in total. The molecule has 108 valence electrons. The molecular weight excluding hydrogens is 354 g/mol. The number of halogens is 2. The zero-order valence-electron chi connectivity index (χ0n) is 11.4. The molecule has 0 aliphatic heterocycles. The first-order valence-electron chi connectivity index (χ1n) is 6.54. The molecule has 0 fully saturated rings. The fourth-order valence-electron chi connectivity index (χ4n) is 2.95. The highest BCUT2D eigenvalue weighted by molar-refractivity contribution is 9.10. The molecule has 5 heteroatoms. The van der Waals surface area contributed by atoms with Crippen LogP contribution < -0.4 is 0 Å². The third-order valence-electron chi connectivity index (χ3n) is 3.93. The summed E-state index contributed by atoms with van der Waals surface area (Å²) in [5, 5.41) is 0.360. The summed E-state index contributed by atoms with van der Waals surface area (Å²) in [6.45, 7) is 0. The van der Waals surface area contributed by atoms with E-state index in [0.717, 1.165) is 15.6 Å². The summed E-state index contributed by atoms with van der Waals surface area (Å²) in [5.74, 6) is -0.277. The number of pyridine rings is 1. The fourth-order valence-corrected chi connectivity index (χ4v) is 3.73. The molecule has 3 nitrogen and oxygen atoms in total. The molecule has 1 aromatic carbocycles. The van der Waals surface area contributed by atoms with Gasteiger partial charge in [0, 0.05) is 4.47 Å². The number of benzene rings is 1. The molecule has 0 amide bonds. The number of nitrogens with zero attached hydrogens (tertiary/aromatic N) is 1. The Bertz CT molecular complexity index is 672. The van der Waals surface area contributed by atoms with Crippen LogP contribution in [0.25, 0.3) is 0 Å². The van der Waals surface area contributed by atoms with E-state index in [1.165, 1.54) is 7.11 Å². The predicted molar refractivity (Wildman–Crippen MR) is 84.5 cm³/mol. The maximum absolute atomic E-state index is 12.5. The summed E-state index contributed by atoms with van der Waals surface area (Å²) in [6.07, 6.45) is 1.16. The van der Waals surface area contributed by atoms with Crippen LogP contribution in [0, 0.1) is 0 Å². The van der Waals surface area contributed by atoms with E-state index in [-0.39, 0.29) is 5.97 Å². The summed E-state index contributed by atoms with van der Waals surface area (Å²) in [7, 11) is 1.41. The number of fused-ring (bicyclic) bond motifs is 1. The van der Waals surface area contributed by atoms with Crippen LogP contribution in [0.3, 0.4) is 0 Å². The second-order valence-electron chi connectivity index (χ2n) is 5.19. The Hall–Kier alpha value is -1.39. The van der Waals surface area contributed by atoms with Gasteiger partial charge in [-0.05, 0) is 36.1 Å². The SMILES string of the molecule is COC(=O)C1(c2cc(Br)cc(Cl)n2)Cc2ccccc2C1. The molecule has 1 aliphatic rings. The average molecular weight is 367 g/mol. The van der Waals surface area contributed by atoms with Gasteiger partial charge in [0.05, 0.1) is 12.8 Å². The van der Waals surface area contributed by atoms with Crippen LogP contribution in [0.5, 0.6) is 0 Å². The third kappa shape index (κ3) is 2.47. The van der Waals surface area contributed by atoms with Crippen molar-refractivity contribution < 1.29 is 9.53 Å². The lowest BCUT2D eigenvalue weighted by molar-refractivity contribution is -0.147. The van der Waals surface area contributed by atoms with Gasteiger partial charge in [-0.1, -0.05) is 51.8 Å². The molecule has 1 aliphatic carbocycles. The van der Waals surface area contributed by atoms with Crippen molar-refractivity contribution in [2.24, 2.45) is 0 Å². The topological polar surface area (TPSA) is 39.2 Å². The number of carbonyl (C=O) groups is 1. The van der Waals surface area contributed by atoms with E-state index in [1.54, 1.807) is 6.07 Å². The van der Waals surface area contributed by atoms with Crippen molar-refractivity contribution in [3.05, 3.63) is 62.8 Å². The fraction of sp³-hybridized carbons (Fsp3) is 0.250. The summed E-state index contributed by atoms with van der Waals surface area (Å²) in [6, 6.07) is 11.6. The van der Waals surface area contributed by atoms with Crippen molar-refractivity contribution in [2.75, 3.05) is 7.11 Å². The minimum Gasteiger partial charge on any atom is -0.468 e. The number of ether oxygens (including phenoxy) is 1. The number of aromatic nitrogens is 1. The van der Waals surface area contributed by atoms with Gasteiger partial charge in [-0.3, -0.25) is 4.79 Å². The van der Waals surface area contributed by atoms with Crippen molar-refractivity contribution in [3.63, 3.8) is 0 Å². The summed E-state index contributed by atoms with van der Waals surface area (Å²) < 4.78 is 5.87. The van der Waals surface area contributed by atoms with Crippen molar-refractivity contribution in [1.82, 2.24) is 4.98 Å². The molecule has 0 saturated carbocycles. The van der Waals surface area contributed by atoms with Crippen LogP contribution in [0.15, 0.2) is 40.9 Å². The van der Waals surface area contributed by atoms with Gasteiger partial charge in [-0.15, -0.1) is 0 Å². The minimum atomic E-state index is -0.800. The molecule has 0 radical (unpaired) electrons. The van der Waals surface area contributed by atoms with E-state index in [9.17, 15) is 4.79 Å². The second-order valence-corrected chi connectivity index (χ2v) is 6.49. The molecule has 1 heterocycles. The average Bonchev–Trinajstić information content (AvgIpc) is 2.86. The van der Waals surface area contributed by atoms with Gasteiger partial charge in [0.1, 0.15) is 10.6 Å². The molecular formula is C16H13BrClNO2. The van der Waals surface area contributed by atoms with Crippen molar-refractivity contribution >= 4 is 33.5 Å². The van der Waals surface area contributed by atoms with Gasteiger partial charge < -0.3 is 4.74 Å². The van der Waals surface area contributed by atoms with Gasteiger partial charge in [0.2, 0.25) is 0 Å². The van der Waals surface area contributed by atoms with Gasteiger partial charge in [-0.2, -0.15) is 0 Å². The van der Waals surface area contributed by atoms with E-state index >= 15 is 0 Å². The van der Waals surface area contributed by atoms with Crippen molar-refractivity contribution in [2.45, 2.75) is 18.3 Å². The van der Waals surface area contributed by atoms with Crippen LogP contribution in [0.4, 0.5) is 0 Å². The van der Waals surface area contributed by atoms with Crippen LogP contribution >= 0.6 is 27.5 Å². The molecule has 0 atom stereocenters. The molecule has 0 saturated heterocycles. The lowest BCUT2D eigenvalue weighted by atomic mass is 9.81. The predicted octanol–water partition coefficient (Wildman–Crippen LogP) is 3.71. The Labute approximate surface area is 136 Å². The third-order valence-corrected chi connectivity index (χ3v) is 4.58. The molecule has 1 aromatic heterocycles. The Morgan fingerprint density at radius 1 is 1.29 bits per heavy atom. The molecule has 2 aromatic rings. The molecule has 21 heavy (non-hydrogen) atoms. The summed E-state index contributed by atoms with van der Waals surface area (Å²) in [4.78, 5) is 16.9. The Balaban J connectivity index is 2.14. The largest absolute Gasteiger partial charge is 0.468 e. The standard InChI is InChI=1S/C16H13BrClNO2/c1-21-15(20)16(13-6-12(17)7-14(18)19-13)8-10-4-2-3-5-11(10)9-16/h2-7H,8-9H2,1H3. The van der Waals surface area contributed by atoms with Gasteiger partial charge >= 0.3 is 5.97 Å². The Morgan fingerprint density at radius 2 is 1.90 bits per heavy atom. The monoisotopic (exact) mass is 365 g/mol. The first kappa shape index (κ1) is 14.5. The zero-order valence-corrected chi connectivity index (χ0v) is 13.7. The number of esters is 1. The highest BCUT2D eigenvalue weighted by Gasteiger charge is 2.47. The molecule has 3 rings (SSSR count). The lowest BCUT2D eigenvalue weighted by Gasteiger charge is -2.25. The smallest absolute Gasteiger partial charge is 0.318 e. The first-order valence-corrected chi connectivity index (χ1v) is 7.71. The highest BCUT2D eigenvalue weighted by atomic mass is 79.9. The van der Waals surface area contributed by atoms with E-state index in [0.29, 0.717) is 23.7 Å². The van der Waals surface area contributed by atoms with Crippen LogP contribution in [0.1, 0.15) is 16.8 Å². The van der Waals surface area contributed by atoms with Crippen molar-refractivity contribution in [1.29, 1.82) is 0 Å². The maximum Gasteiger partial charge on any atom is 0.318 e. The molecule has 0 bridgehead atoms. The second kappa shape index (κ2) is 5.43. The van der Waals surface area contributed by atoms with Crippen LogP contribution in [-0.4, -0.2) is 18.1 Å². The minimum absolute atomic E-state index is 0.277. The van der Waals surface area contributed by atoms with E-state index < -0.39 is 5.41 Å². The summed E-state index contributed by atoms with van der Waals surface area (Å²) in [5.41, 5.74) is 2.15. The Morgan fingerprint density at radius 3 is 2.43 bits per heavy atom. The van der Waals surface area contributed by atoms with E-state index in [4.69, 9.17) is 16.3 Å². The zero-order chi connectivity index (χ0) is 15.0. The molecule has 0 unspecified atom stereocenters. The number of methoxy groups -OCH3 is 1. The number of hydrogen-bond acceptors (Lipinski definition) is 3. The highest BCUT2D eigenvalue weighted by Crippen LogP contribution is 2.41. The van der Waals surface area contributed by atoms with Crippen molar-refractivity contribution in [3.8, 4) is 0 Å². The number of hydrogen-bond donors (Lipinski definition) is 0.